The number of carbonyl (C=O) groups is 1. The minimum absolute atomic E-state index is 0.120. The van der Waals surface area contributed by atoms with Crippen molar-refractivity contribution < 1.29 is 9.90 Å². The van der Waals surface area contributed by atoms with Crippen LogP contribution >= 0.6 is 0 Å². The Morgan fingerprint density at radius 2 is 1.96 bits per heavy atom. The zero-order valence-corrected chi connectivity index (χ0v) is 14.2. The van der Waals surface area contributed by atoms with E-state index in [0.717, 1.165) is 31.4 Å². The van der Waals surface area contributed by atoms with Gasteiger partial charge >= 0.3 is 0 Å². The van der Waals surface area contributed by atoms with E-state index in [4.69, 9.17) is 5.73 Å². The second-order valence-corrected chi connectivity index (χ2v) is 6.30. The molecule has 1 fully saturated rings. The van der Waals surface area contributed by atoms with E-state index >= 15 is 0 Å². The van der Waals surface area contributed by atoms with E-state index in [-0.39, 0.29) is 29.4 Å². The second-order valence-electron chi connectivity index (χ2n) is 6.30. The third-order valence-electron chi connectivity index (χ3n) is 4.46. The molecule has 1 aliphatic carbocycles. The van der Waals surface area contributed by atoms with Crippen molar-refractivity contribution in [3.8, 4) is 0 Å². The Morgan fingerprint density at radius 3 is 2.68 bits per heavy atom. The number of nitrogens with zero attached hydrogens (tertiary/aromatic N) is 3. The molecule has 1 aromatic carbocycles. The Kier molecular flexibility index (Phi) is 5.14. The molecular formula is C18H23N5O2. The predicted octanol–water partition coefficient (Wildman–Crippen LogP) is 2.05. The number of hydrogen-bond donors (Lipinski definition) is 3. The first-order chi connectivity index (χ1) is 12.0. The lowest BCUT2D eigenvalue weighted by atomic mass is 9.93. The van der Waals surface area contributed by atoms with Gasteiger partial charge in [0.1, 0.15) is 11.5 Å². The van der Waals surface area contributed by atoms with Gasteiger partial charge in [0, 0.05) is 18.8 Å². The van der Waals surface area contributed by atoms with Gasteiger partial charge in [-0.2, -0.15) is 4.98 Å². The average Bonchev–Trinajstić information content (AvgIpc) is 2.62. The van der Waals surface area contributed by atoms with Crippen molar-refractivity contribution in [1.82, 2.24) is 9.97 Å². The van der Waals surface area contributed by atoms with Gasteiger partial charge in [-0.3, -0.25) is 4.79 Å². The lowest BCUT2D eigenvalue weighted by molar-refractivity contribution is 0.0988. The molecule has 7 heteroatoms. The standard InChI is InChI=1S/C18H23N5O2/c1-23(12-7-3-2-4-8-12)17(25)14-11-16(19)22-18(21-14)20-13-9-5-6-10-15(13)24/h2-4,7-8,11,13,15,24H,5-6,9-10H2,1H3,(H3,19,20,21,22)/t13-,15-/m0/s1. The lowest BCUT2D eigenvalue weighted by Crippen LogP contribution is -2.37. The maximum atomic E-state index is 12.7. The van der Waals surface area contributed by atoms with E-state index < -0.39 is 6.10 Å². The van der Waals surface area contributed by atoms with Crippen molar-refractivity contribution >= 4 is 23.4 Å². The van der Waals surface area contributed by atoms with Crippen LogP contribution in [0.25, 0.3) is 0 Å². The van der Waals surface area contributed by atoms with Gasteiger partial charge in [0.25, 0.3) is 5.91 Å². The first-order valence-electron chi connectivity index (χ1n) is 8.47. The Balaban J connectivity index is 1.80. The van der Waals surface area contributed by atoms with E-state index in [1.807, 2.05) is 30.3 Å². The average molecular weight is 341 g/mol. The molecule has 0 spiro atoms. The quantitative estimate of drug-likeness (QED) is 0.786. The van der Waals surface area contributed by atoms with Crippen LogP contribution in [-0.2, 0) is 0 Å². The number of aliphatic hydroxyl groups excluding tert-OH is 1. The number of para-hydroxylation sites is 1. The molecule has 3 rings (SSSR count). The summed E-state index contributed by atoms with van der Waals surface area (Å²) in [6, 6.07) is 10.7. The molecule has 25 heavy (non-hydrogen) atoms. The van der Waals surface area contributed by atoms with Gasteiger partial charge in [-0.25, -0.2) is 4.98 Å². The predicted molar refractivity (Wildman–Crippen MR) is 97.5 cm³/mol. The summed E-state index contributed by atoms with van der Waals surface area (Å²) in [4.78, 5) is 22.7. The molecule has 1 aliphatic rings. The molecule has 4 N–H and O–H groups in total. The summed E-state index contributed by atoms with van der Waals surface area (Å²) in [6.07, 6.45) is 3.21. The minimum Gasteiger partial charge on any atom is -0.391 e. The number of nitrogens with two attached hydrogens (primary N) is 1. The number of aromatic nitrogens is 2. The molecule has 1 saturated carbocycles. The van der Waals surface area contributed by atoms with E-state index in [9.17, 15) is 9.90 Å². The Hall–Kier alpha value is -2.67. The SMILES string of the molecule is CN(C(=O)c1cc(N)nc(N[C@H]2CCCC[C@@H]2O)n1)c1ccccc1. The van der Waals surface area contributed by atoms with Crippen LogP contribution in [0.4, 0.5) is 17.5 Å². The fourth-order valence-electron chi connectivity index (χ4n) is 3.03. The number of carbonyl (C=O) groups excluding carboxylic acids is 1. The summed E-state index contributed by atoms with van der Waals surface area (Å²) < 4.78 is 0. The van der Waals surface area contributed by atoms with E-state index in [1.54, 1.807) is 7.05 Å². The van der Waals surface area contributed by atoms with Crippen LogP contribution in [0.2, 0.25) is 0 Å². The largest absolute Gasteiger partial charge is 0.391 e. The number of nitrogen functional groups attached to an aromatic ring is 1. The molecule has 0 aliphatic heterocycles. The molecule has 1 heterocycles. The summed E-state index contributed by atoms with van der Waals surface area (Å²) in [5.41, 5.74) is 6.83. The molecule has 2 atom stereocenters. The van der Waals surface area contributed by atoms with Crippen molar-refractivity contribution in [1.29, 1.82) is 0 Å². The highest BCUT2D eigenvalue weighted by Gasteiger charge is 2.24. The lowest BCUT2D eigenvalue weighted by Gasteiger charge is -2.28. The monoisotopic (exact) mass is 341 g/mol. The third-order valence-corrected chi connectivity index (χ3v) is 4.46. The molecule has 132 valence electrons. The molecule has 0 saturated heterocycles. The summed E-state index contributed by atoms with van der Waals surface area (Å²) in [7, 11) is 1.69. The minimum atomic E-state index is -0.440. The molecule has 1 aromatic heterocycles. The molecule has 0 bridgehead atoms. The highest BCUT2D eigenvalue weighted by molar-refractivity contribution is 6.04. The molecule has 0 radical (unpaired) electrons. The van der Waals surface area contributed by atoms with Crippen molar-refractivity contribution in [3.63, 3.8) is 0 Å². The number of hydrogen-bond acceptors (Lipinski definition) is 6. The number of benzene rings is 1. The van der Waals surface area contributed by atoms with Gasteiger partial charge in [-0.05, 0) is 25.0 Å². The summed E-state index contributed by atoms with van der Waals surface area (Å²) >= 11 is 0. The fourth-order valence-corrected chi connectivity index (χ4v) is 3.03. The van der Waals surface area contributed by atoms with E-state index in [2.05, 4.69) is 15.3 Å². The second kappa shape index (κ2) is 7.48. The van der Waals surface area contributed by atoms with Crippen LogP contribution in [0.3, 0.4) is 0 Å². The van der Waals surface area contributed by atoms with Crippen LogP contribution in [0.1, 0.15) is 36.2 Å². The summed E-state index contributed by atoms with van der Waals surface area (Å²) in [5.74, 6) is 0.218. The van der Waals surface area contributed by atoms with Crippen molar-refractivity contribution in [2.24, 2.45) is 0 Å². The molecule has 2 aromatic rings. The van der Waals surface area contributed by atoms with Gasteiger partial charge < -0.3 is 21.1 Å². The van der Waals surface area contributed by atoms with Crippen molar-refractivity contribution in [2.75, 3.05) is 23.0 Å². The van der Waals surface area contributed by atoms with Gasteiger partial charge in [-0.15, -0.1) is 0 Å². The number of rotatable bonds is 4. The molecule has 1 amide bonds. The highest BCUT2D eigenvalue weighted by atomic mass is 16.3. The maximum absolute atomic E-state index is 12.7. The van der Waals surface area contributed by atoms with Gasteiger partial charge in [-0.1, -0.05) is 31.0 Å². The summed E-state index contributed by atoms with van der Waals surface area (Å²) in [6.45, 7) is 0. The smallest absolute Gasteiger partial charge is 0.276 e. The molecular weight excluding hydrogens is 318 g/mol. The van der Waals surface area contributed by atoms with Crippen molar-refractivity contribution in [2.45, 2.75) is 37.8 Å². The highest BCUT2D eigenvalue weighted by Crippen LogP contribution is 2.22. The van der Waals surface area contributed by atoms with Crippen LogP contribution < -0.4 is 16.0 Å². The topological polar surface area (TPSA) is 104 Å². The number of anilines is 3. The number of aliphatic hydroxyl groups is 1. The third kappa shape index (κ3) is 4.06. The number of amides is 1. The van der Waals surface area contributed by atoms with Gasteiger partial charge in [0.15, 0.2) is 0 Å². The van der Waals surface area contributed by atoms with Crippen molar-refractivity contribution in [3.05, 3.63) is 42.1 Å². The normalized spacial score (nSPS) is 20.1. The zero-order valence-electron chi connectivity index (χ0n) is 14.2. The van der Waals surface area contributed by atoms with Gasteiger partial charge in [0.2, 0.25) is 5.95 Å². The maximum Gasteiger partial charge on any atom is 0.276 e. The van der Waals surface area contributed by atoms with E-state index in [1.165, 1.54) is 11.0 Å². The Bertz CT molecular complexity index is 738. The van der Waals surface area contributed by atoms with Crippen LogP contribution in [-0.4, -0.2) is 40.2 Å². The fraction of sp³-hybridized carbons (Fsp3) is 0.389. The number of nitrogens with one attached hydrogen (secondary N) is 1. The van der Waals surface area contributed by atoms with E-state index in [0.29, 0.717) is 0 Å². The molecule has 0 unspecified atom stereocenters. The van der Waals surface area contributed by atoms with Crippen LogP contribution in [0, 0.1) is 0 Å². The van der Waals surface area contributed by atoms with Crippen LogP contribution in [0.15, 0.2) is 36.4 Å². The Morgan fingerprint density at radius 1 is 1.24 bits per heavy atom. The zero-order chi connectivity index (χ0) is 17.8. The molecule has 7 nitrogen and oxygen atoms in total. The van der Waals surface area contributed by atoms with Gasteiger partial charge in [0.05, 0.1) is 12.1 Å². The summed E-state index contributed by atoms with van der Waals surface area (Å²) in [5, 5.41) is 13.2. The first-order valence-corrected chi connectivity index (χ1v) is 8.47. The first kappa shape index (κ1) is 17.2. The Labute approximate surface area is 146 Å². The van der Waals surface area contributed by atoms with Crippen LogP contribution in [0.5, 0.6) is 0 Å².